The van der Waals surface area contributed by atoms with Crippen LogP contribution < -0.4 is 0 Å². The topological polar surface area (TPSA) is 9.23 Å². The van der Waals surface area contributed by atoms with Gasteiger partial charge in [-0.2, -0.15) is 0 Å². The Kier molecular flexibility index (Phi) is 6.93. The summed E-state index contributed by atoms with van der Waals surface area (Å²) in [6.07, 6.45) is 4.13. The average molecular weight is 254 g/mol. The first-order valence-electron chi connectivity index (χ1n) is 6.97. The second kappa shape index (κ2) is 7.11. The molecule has 0 radical (unpaired) electrons. The highest BCUT2D eigenvalue weighted by Gasteiger charge is 2.46. The van der Waals surface area contributed by atoms with Gasteiger partial charge in [-0.3, -0.25) is 0 Å². The molecule has 0 saturated heterocycles. The van der Waals surface area contributed by atoms with E-state index in [1.807, 2.05) is 0 Å². The van der Waals surface area contributed by atoms with Crippen molar-refractivity contribution in [3.05, 3.63) is 0 Å². The summed E-state index contributed by atoms with van der Waals surface area (Å²) in [5, 5.41) is 0. The van der Waals surface area contributed by atoms with Crippen LogP contribution in [0.1, 0.15) is 61.8 Å². The van der Waals surface area contributed by atoms with E-state index < -0.39 is 8.32 Å². The molecule has 2 heteroatoms. The zero-order chi connectivity index (χ0) is 13.6. The third-order valence-electron chi connectivity index (χ3n) is 3.85. The normalized spacial score (nSPS) is 13.8. The molecular formula is C15H30OSi. The molecule has 0 aliphatic carbocycles. The predicted octanol–water partition coefficient (Wildman–Crippen LogP) is 5.19. The fourth-order valence-electron chi connectivity index (χ4n) is 2.67. The fraction of sp³-hybridized carbons (Fsp3) is 0.867. The van der Waals surface area contributed by atoms with E-state index in [9.17, 15) is 0 Å². The van der Waals surface area contributed by atoms with Crippen LogP contribution in [0.2, 0.25) is 16.6 Å². The van der Waals surface area contributed by atoms with Crippen LogP contribution in [0.25, 0.3) is 0 Å². The molecule has 17 heavy (non-hydrogen) atoms. The lowest BCUT2D eigenvalue weighted by Crippen LogP contribution is -2.46. The number of rotatable bonds is 5. The van der Waals surface area contributed by atoms with Gasteiger partial charge in [0, 0.05) is 5.92 Å². The first kappa shape index (κ1) is 16.6. The Bertz CT molecular complexity index is 249. The molecule has 0 heterocycles. The summed E-state index contributed by atoms with van der Waals surface area (Å²) in [6.45, 7) is 18.0. The molecule has 0 spiro atoms. The van der Waals surface area contributed by atoms with Gasteiger partial charge in [-0.25, -0.2) is 0 Å². The maximum absolute atomic E-state index is 6.16. The molecule has 0 fully saturated rings. The van der Waals surface area contributed by atoms with Gasteiger partial charge in [0.15, 0.2) is 0 Å². The Labute approximate surface area is 109 Å². The molecule has 0 bridgehead atoms. The first-order chi connectivity index (χ1) is 7.78. The third-order valence-corrected chi connectivity index (χ3v) is 9.72. The molecule has 0 aromatic carbocycles. The summed E-state index contributed by atoms with van der Waals surface area (Å²) in [7, 11) is -1.78. The van der Waals surface area contributed by atoms with E-state index >= 15 is 0 Å². The van der Waals surface area contributed by atoms with Gasteiger partial charge in [0.1, 0.15) is 0 Å². The monoisotopic (exact) mass is 254 g/mol. The molecule has 0 aromatic rings. The molecule has 1 unspecified atom stereocenters. The SMILES string of the molecule is CCC(C)C#CO[Si](C(C)C)(C(C)C)C(C)C. The molecule has 0 aromatic heterocycles. The fourth-order valence-corrected chi connectivity index (χ4v) is 7.62. The van der Waals surface area contributed by atoms with Crippen molar-refractivity contribution in [3.63, 3.8) is 0 Å². The van der Waals surface area contributed by atoms with Crippen molar-refractivity contribution in [2.24, 2.45) is 5.92 Å². The number of hydrogen-bond acceptors (Lipinski definition) is 1. The smallest absolute Gasteiger partial charge is 0.272 e. The molecule has 0 N–H and O–H groups in total. The molecule has 100 valence electrons. The standard InChI is InChI=1S/C15H30OSi/c1-9-15(8)10-11-16-17(12(2)3,13(4)5)14(6)7/h12-15H,9H2,1-8H3. The van der Waals surface area contributed by atoms with Crippen LogP contribution in [-0.4, -0.2) is 8.32 Å². The van der Waals surface area contributed by atoms with Crippen LogP contribution >= 0.6 is 0 Å². The summed E-state index contributed by atoms with van der Waals surface area (Å²) >= 11 is 0. The molecule has 0 amide bonds. The summed E-state index contributed by atoms with van der Waals surface area (Å²) in [5.41, 5.74) is 1.82. The summed E-state index contributed by atoms with van der Waals surface area (Å²) in [6, 6.07) is 0. The quantitative estimate of drug-likeness (QED) is 0.485. The third kappa shape index (κ3) is 4.07. The van der Waals surface area contributed by atoms with E-state index in [1.54, 1.807) is 0 Å². The zero-order valence-corrected chi connectivity index (χ0v) is 13.9. The van der Waals surface area contributed by atoms with E-state index in [0.29, 0.717) is 22.5 Å². The van der Waals surface area contributed by atoms with Crippen molar-refractivity contribution in [2.45, 2.75) is 78.4 Å². The number of hydrogen-bond donors (Lipinski definition) is 0. The van der Waals surface area contributed by atoms with Crippen LogP contribution in [0.4, 0.5) is 0 Å². The Morgan fingerprint density at radius 2 is 1.29 bits per heavy atom. The second-order valence-corrected chi connectivity index (χ2v) is 11.4. The molecule has 0 aliphatic heterocycles. The molecule has 0 saturated carbocycles. The average Bonchev–Trinajstić information content (AvgIpc) is 2.22. The van der Waals surface area contributed by atoms with Gasteiger partial charge in [-0.1, -0.05) is 61.3 Å². The highest BCUT2D eigenvalue weighted by Crippen LogP contribution is 2.41. The van der Waals surface area contributed by atoms with Gasteiger partial charge in [-0.15, -0.1) is 0 Å². The van der Waals surface area contributed by atoms with Crippen LogP contribution in [0.5, 0.6) is 0 Å². The van der Waals surface area contributed by atoms with Gasteiger partial charge in [0.05, 0.1) is 6.11 Å². The maximum atomic E-state index is 6.16. The van der Waals surface area contributed by atoms with Crippen molar-refractivity contribution >= 4 is 8.32 Å². The lowest BCUT2D eigenvalue weighted by molar-refractivity contribution is 0.445. The minimum Gasteiger partial charge on any atom is -0.500 e. The van der Waals surface area contributed by atoms with Crippen molar-refractivity contribution in [1.29, 1.82) is 0 Å². The van der Waals surface area contributed by atoms with E-state index in [1.165, 1.54) is 0 Å². The van der Waals surface area contributed by atoms with Crippen molar-refractivity contribution in [3.8, 4) is 12.0 Å². The summed E-state index contributed by atoms with van der Waals surface area (Å²) in [5.74, 6) is 3.65. The van der Waals surface area contributed by atoms with Crippen molar-refractivity contribution < 1.29 is 4.43 Å². The Hall–Kier alpha value is -0.423. The van der Waals surface area contributed by atoms with Gasteiger partial charge >= 0.3 is 0 Å². The van der Waals surface area contributed by atoms with E-state index in [0.717, 1.165) is 6.42 Å². The molecule has 0 aliphatic rings. The van der Waals surface area contributed by atoms with Gasteiger partial charge in [0.2, 0.25) is 0 Å². The summed E-state index contributed by atoms with van der Waals surface area (Å²) in [4.78, 5) is 0. The van der Waals surface area contributed by atoms with Crippen LogP contribution in [0.3, 0.4) is 0 Å². The lowest BCUT2D eigenvalue weighted by Gasteiger charge is -2.39. The first-order valence-corrected chi connectivity index (χ1v) is 9.11. The molecule has 1 nitrogen and oxygen atoms in total. The van der Waals surface area contributed by atoms with E-state index in [-0.39, 0.29) is 0 Å². The second-order valence-electron chi connectivity index (χ2n) is 5.98. The molecule has 0 rings (SSSR count). The van der Waals surface area contributed by atoms with Gasteiger partial charge in [-0.05, 0) is 23.0 Å². The molecule has 1 atom stereocenters. The van der Waals surface area contributed by atoms with Crippen LogP contribution in [0.15, 0.2) is 0 Å². The van der Waals surface area contributed by atoms with Crippen LogP contribution in [0, 0.1) is 17.9 Å². The van der Waals surface area contributed by atoms with Crippen molar-refractivity contribution in [2.75, 3.05) is 0 Å². The van der Waals surface area contributed by atoms with Crippen molar-refractivity contribution in [1.82, 2.24) is 0 Å². The van der Waals surface area contributed by atoms with E-state index in [4.69, 9.17) is 4.43 Å². The van der Waals surface area contributed by atoms with Gasteiger partial charge < -0.3 is 4.43 Å². The Balaban J connectivity index is 4.98. The minimum atomic E-state index is -1.78. The zero-order valence-electron chi connectivity index (χ0n) is 12.9. The largest absolute Gasteiger partial charge is 0.500 e. The van der Waals surface area contributed by atoms with Gasteiger partial charge in [0.25, 0.3) is 8.32 Å². The maximum Gasteiger partial charge on any atom is 0.272 e. The van der Waals surface area contributed by atoms with E-state index in [2.05, 4.69) is 67.4 Å². The predicted molar refractivity (Wildman–Crippen MR) is 79.4 cm³/mol. The molecular weight excluding hydrogens is 224 g/mol. The Morgan fingerprint density at radius 3 is 1.59 bits per heavy atom. The van der Waals surface area contributed by atoms with Crippen LogP contribution in [-0.2, 0) is 4.43 Å². The summed E-state index contributed by atoms with van der Waals surface area (Å²) < 4.78 is 6.16. The highest BCUT2D eigenvalue weighted by atomic mass is 28.4. The Morgan fingerprint density at radius 1 is 0.882 bits per heavy atom. The lowest BCUT2D eigenvalue weighted by atomic mass is 10.1. The minimum absolute atomic E-state index is 0.438. The highest BCUT2D eigenvalue weighted by molar-refractivity contribution is 6.77.